The molecule has 2 heterocycles. The van der Waals surface area contributed by atoms with E-state index in [1.54, 1.807) is 30.3 Å². The number of hydrogen-bond donors (Lipinski definition) is 3. The molecule has 9 nitrogen and oxygen atoms in total. The molecule has 2 aliphatic carbocycles. The van der Waals surface area contributed by atoms with Crippen molar-refractivity contribution in [2.24, 2.45) is 0 Å². The van der Waals surface area contributed by atoms with Crippen molar-refractivity contribution in [2.75, 3.05) is 11.1 Å². The molecule has 0 radical (unpaired) electrons. The lowest BCUT2D eigenvalue weighted by Gasteiger charge is -2.20. The van der Waals surface area contributed by atoms with Crippen molar-refractivity contribution in [1.82, 2.24) is 13.7 Å². The Balaban J connectivity index is 1.43. The highest BCUT2D eigenvalue weighted by Gasteiger charge is 2.41. The number of nitrogens with two attached hydrogens (primary N) is 1. The number of aryl methyl sites for hydroxylation is 1. The number of rotatable bonds is 7. The van der Waals surface area contributed by atoms with Crippen LogP contribution in [0, 0.1) is 6.92 Å². The summed E-state index contributed by atoms with van der Waals surface area (Å²) in [5.41, 5.74) is 8.51. The maximum atomic E-state index is 13.3. The van der Waals surface area contributed by atoms with E-state index in [1.165, 1.54) is 16.4 Å². The highest BCUT2D eigenvalue weighted by atomic mass is 127. The Labute approximate surface area is 212 Å². The van der Waals surface area contributed by atoms with Gasteiger partial charge in [0.25, 0.3) is 10.0 Å². The van der Waals surface area contributed by atoms with E-state index in [0.29, 0.717) is 29.6 Å². The quantitative estimate of drug-likeness (QED) is 0.275. The first-order valence-corrected chi connectivity index (χ1v) is 15.3. The SMILES string of the molecule is Cc1ccc(S(=O)(=O)n2ccc3c(N[C@H]4CC(NS(=O)(=O)C5CC5)C[C@H]4I)c(N)cnc32)cc1. The average molecular weight is 616 g/mol. The highest BCUT2D eigenvalue weighted by Crippen LogP contribution is 2.36. The number of nitrogens with zero attached hydrogens (tertiary/aromatic N) is 2. The summed E-state index contributed by atoms with van der Waals surface area (Å²) >= 11 is 2.33. The zero-order valence-corrected chi connectivity index (χ0v) is 22.3. The van der Waals surface area contributed by atoms with Crippen molar-refractivity contribution in [3.05, 3.63) is 48.3 Å². The molecule has 0 saturated heterocycles. The molecule has 34 heavy (non-hydrogen) atoms. The monoisotopic (exact) mass is 615 g/mol. The van der Waals surface area contributed by atoms with Crippen LogP contribution < -0.4 is 15.8 Å². The normalized spacial score (nSPS) is 23.4. The molecular formula is C22H26IN5O4S2. The first kappa shape index (κ1) is 23.8. The Morgan fingerprint density at radius 1 is 1.09 bits per heavy atom. The molecule has 0 amide bonds. The predicted molar refractivity (Wildman–Crippen MR) is 141 cm³/mol. The highest BCUT2D eigenvalue weighted by molar-refractivity contribution is 14.1. The number of nitrogen functional groups attached to an aromatic ring is 1. The lowest BCUT2D eigenvalue weighted by Crippen LogP contribution is -2.36. The van der Waals surface area contributed by atoms with E-state index in [2.05, 4.69) is 37.6 Å². The molecular weight excluding hydrogens is 589 g/mol. The predicted octanol–water partition coefficient (Wildman–Crippen LogP) is 2.99. The fourth-order valence-corrected chi connectivity index (χ4v) is 8.38. The van der Waals surface area contributed by atoms with Gasteiger partial charge in [-0.25, -0.2) is 30.5 Å². The van der Waals surface area contributed by atoms with E-state index >= 15 is 0 Å². The van der Waals surface area contributed by atoms with Gasteiger partial charge >= 0.3 is 0 Å². The minimum Gasteiger partial charge on any atom is -0.396 e. The lowest BCUT2D eigenvalue weighted by molar-refractivity contribution is 0.549. The molecule has 0 bridgehead atoms. The third-order valence-corrected chi connectivity index (χ3v) is 11.5. The van der Waals surface area contributed by atoms with Gasteiger partial charge in [-0.05, 0) is 50.8 Å². The van der Waals surface area contributed by atoms with Gasteiger partial charge in [0.2, 0.25) is 10.0 Å². The number of anilines is 2. The summed E-state index contributed by atoms with van der Waals surface area (Å²) in [6.45, 7) is 1.90. The maximum Gasteiger partial charge on any atom is 0.269 e. The van der Waals surface area contributed by atoms with Gasteiger partial charge in [-0.15, -0.1) is 0 Å². The molecule has 1 unspecified atom stereocenters. The van der Waals surface area contributed by atoms with Crippen molar-refractivity contribution in [3.63, 3.8) is 0 Å². The number of nitrogens with one attached hydrogen (secondary N) is 2. The summed E-state index contributed by atoms with van der Waals surface area (Å²) in [5.74, 6) is 0. The number of benzene rings is 1. The van der Waals surface area contributed by atoms with Crippen molar-refractivity contribution in [2.45, 2.75) is 58.8 Å². The minimum absolute atomic E-state index is 0.0301. The molecule has 0 aliphatic heterocycles. The molecule has 3 aromatic rings. The van der Waals surface area contributed by atoms with Gasteiger partial charge < -0.3 is 11.1 Å². The van der Waals surface area contributed by atoms with Crippen LogP contribution in [0.5, 0.6) is 0 Å². The number of sulfonamides is 1. The number of pyridine rings is 1. The largest absolute Gasteiger partial charge is 0.396 e. The molecule has 4 N–H and O–H groups in total. The van der Waals surface area contributed by atoms with Gasteiger partial charge in [-0.2, -0.15) is 0 Å². The Morgan fingerprint density at radius 2 is 1.79 bits per heavy atom. The number of alkyl halides is 1. The Hall–Kier alpha value is -1.90. The van der Waals surface area contributed by atoms with E-state index in [1.807, 2.05) is 6.92 Å². The maximum absolute atomic E-state index is 13.3. The minimum atomic E-state index is -3.83. The smallest absolute Gasteiger partial charge is 0.269 e. The fraction of sp³-hybridized carbons (Fsp3) is 0.409. The number of hydrogen-bond acceptors (Lipinski definition) is 7. The van der Waals surface area contributed by atoms with Crippen LogP contribution in [0.25, 0.3) is 11.0 Å². The topological polar surface area (TPSA) is 136 Å². The molecule has 2 aromatic heterocycles. The van der Waals surface area contributed by atoms with Crippen LogP contribution in [0.4, 0.5) is 11.4 Å². The number of fused-ring (bicyclic) bond motifs is 1. The molecule has 2 aliphatic rings. The van der Waals surface area contributed by atoms with Crippen LogP contribution in [0.2, 0.25) is 0 Å². The molecule has 3 atom stereocenters. The zero-order chi connectivity index (χ0) is 24.3. The molecule has 2 fully saturated rings. The first-order chi connectivity index (χ1) is 16.1. The molecule has 5 rings (SSSR count). The average Bonchev–Trinajstić information content (AvgIpc) is 3.47. The van der Waals surface area contributed by atoms with E-state index in [-0.39, 0.29) is 31.8 Å². The van der Waals surface area contributed by atoms with Crippen molar-refractivity contribution in [3.8, 4) is 0 Å². The van der Waals surface area contributed by atoms with Crippen LogP contribution in [0.15, 0.2) is 47.6 Å². The second-order valence-electron chi connectivity index (χ2n) is 9.05. The molecule has 0 spiro atoms. The second-order valence-corrected chi connectivity index (χ2v) is 14.5. The summed E-state index contributed by atoms with van der Waals surface area (Å²) in [6, 6.07) is 8.19. The van der Waals surface area contributed by atoms with E-state index in [0.717, 1.165) is 18.4 Å². The van der Waals surface area contributed by atoms with Crippen molar-refractivity contribution < 1.29 is 16.8 Å². The van der Waals surface area contributed by atoms with Crippen LogP contribution in [0.1, 0.15) is 31.2 Å². The van der Waals surface area contributed by atoms with Crippen LogP contribution in [-0.2, 0) is 20.0 Å². The van der Waals surface area contributed by atoms with Gasteiger partial charge in [0, 0.05) is 27.6 Å². The zero-order valence-electron chi connectivity index (χ0n) is 18.5. The first-order valence-electron chi connectivity index (χ1n) is 11.1. The van der Waals surface area contributed by atoms with Gasteiger partial charge in [0.15, 0.2) is 5.65 Å². The van der Waals surface area contributed by atoms with E-state index in [4.69, 9.17) is 5.73 Å². The van der Waals surface area contributed by atoms with Crippen molar-refractivity contribution >= 4 is 65.0 Å². The van der Waals surface area contributed by atoms with E-state index in [9.17, 15) is 16.8 Å². The molecule has 182 valence electrons. The summed E-state index contributed by atoms with van der Waals surface area (Å²) < 4.78 is 55.4. The third kappa shape index (κ3) is 4.40. The Morgan fingerprint density at radius 3 is 2.47 bits per heavy atom. The molecule has 2 saturated carbocycles. The summed E-state index contributed by atoms with van der Waals surface area (Å²) in [6.07, 6.45) is 5.72. The summed E-state index contributed by atoms with van der Waals surface area (Å²) in [7, 11) is -7.09. The summed E-state index contributed by atoms with van der Waals surface area (Å²) in [4.78, 5) is 4.50. The standard InChI is InChI=1S/C22H26IN5O4S2/c1-13-2-4-16(5-3-13)34(31,32)28-9-8-17-21(19(24)12-25-22(17)28)26-20-11-14(10-18(20)23)27-33(29,30)15-6-7-15/h2-5,8-9,12,14-15,18,20,27H,6-7,10-11,24H2,1H3,(H,25,26)/t14?,18-,20+/m1/s1. The molecule has 1 aromatic carbocycles. The summed E-state index contributed by atoms with van der Waals surface area (Å²) in [5, 5.41) is 3.81. The fourth-order valence-electron chi connectivity index (χ4n) is 4.38. The van der Waals surface area contributed by atoms with Gasteiger partial charge in [0.1, 0.15) is 0 Å². The Kier molecular flexibility index (Phi) is 6.06. The van der Waals surface area contributed by atoms with Crippen molar-refractivity contribution in [1.29, 1.82) is 0 Å². The van der Waals surface area contributed by atoms with E-state index < -0.39 is 20.0 Å². The third-order valence-electron chi connectivity index (χ3n) is 6.40. The van der Waals surface area contributed by atoms with Gasteiger partial charge in [0.05, 0.1) is 27.7 Å². The van der Waals surface area contributed by atoms with Crippen LogP contribution >= 0.6 is 22.6 Å². The number of aromatic nitrogens is 2. The van der Waals surface area contributed by atoms with Crippen LogP contribution in [-0.4, -0.2) is 47.1 Å². The van der Waals surface area contributed by atoms with Gasteiger partial charge in [-0.3, -0.25) is 0 Å². The van der Waals surface area contributed by atoms with Crippen LogP contribution in [0.3, 0.4) is 0 Å². The lowest BCUT2D eigenvalue weighted by atomic mass is 10.2. The number of halogens is 1. The second kappa shape index (κ2) is 8.64. The molecule has 12 heteroatoms. The van der Waals surface area contributed by atoms with Gasteiger partial charge in [-0.1, -0.05) is 40.3 Å². The Bertz CT molecular complexity index is 1450.